The Bertz CT molecular complexity index is 3940. The fraction of sp³-hybridized carbons (Fsp3) is 0. The summed E-state index contributed by atoms with van der Waals surface area (Å²) >= 11 is 1.86. The van der Waals surface area contributed by atoms with Crippen LogP contribution in [0, 0.1) is 0 Å². The molecule has 0 saturated heterocycles. The maximum absolute atomic E-state index is 2.45. The molecular weight excluding hydrogens is 829 g/mol. The molecule has 2 heterocycles. The number of benzene rings is 11. The van der Waals surface area contributed by atoms with Crippen LogP contribution in [0.25, 0.3) is 103 Å². The first-order chi connectivity index (χ1) is 33.2. The van der Waals surface area contributed by atoms with Gasteiger partial charge in [0.15, 0.2) is 0 Å². The van der Waals surface area contributed by atoms with Gasteiger partial charge in [-0.1, -0.05) is 188 Å². The molecule has 0 fully saturated rings. The highest BCUT2D eigenvalue weighted by Gasteiger charge is 2.20. The Balaban J connectivity index is 0.952. The van der Waals surface area contributed by atoms with Crippen molar-refractivity contribution in [1.82, 2.24) is 4.57 Å². The number of thiophene rings is 1. The molecule has 0 bridgehead atoms. The average Bonchev–Trinajstić information content (AvgIpc) is 3.96. The van der Waals surface area contributed by atoms with Gasteiger partial charge in [0, 0.05) is 59.1 Å². The fourth-order valence-electron chi connectivity index (χ4n) is 10.3. The van der Waals surface area contributed by atoms with Crippen LogP contribution in [0.15, 0.2) is 255 Å². The summed E-state index contributed by atoms with van der Waals surface area (Å²) in [7, 11) is 0. The van der Waals surface area contributed by atoms with E-state index in [1.807, 2.05) is 11.3 Å². The summed E-state index contributed by atoms with van der Waals surface area (Å²) in [5.74, 6) is 0. The lowest BCUT2D eigenvalue weighted by atomic mass is 9.93. The lowest BCUT2D eigenvalue weighted by Crippen LogP contribution is -2.10. The van der Waals surface area contributed by atoms with Gasteiger partial charge in [0.2, 0.25) is 0 Å². The second-order valence-corrected chi connectivity index (χ2v) is 18.3. The molecule has 0 spiro atoms. The SMILES string of the molecule is c1ccc(-c2ccc(N(c3ccc(-c4ccc5c6ccc7ccccc7c6n(-c6ccccc6)c5c4)cc3)c3ccc(-c4cccc5sc6ccccc6c45)cc3)cc2-c2ccccc2)cc1. The summed E-state index contributed by atoms with van der Waals surface area (Å²) in [4.78, 5) is 2.40. The Morgan fingerprint density at radius 3 is 1.63 bits per heavy atom. The Morgan fingerprint density at radius 2 is 0.881 bits per heavy atom. The lowest BCUT2D eigenvalue weighted by Gasteiger charge is -2.27. The molecule has 0 saturated carbocycles. The van der Waals surface area contributed by atoms with Gasteiger partial charge in [-0.2, -0.15) is 0 Å². The van der Waals surface area contributed by atoms with Gasteiger partial charge in [0.1, 0.15) is 0 Å². The van der Waals surface area contributed by atoms with Crippen molar-refractivity contribution in [2.24, 2.45) is 0 Å². The molecule has 13 aromatic rings. The monoisotopic (exact) mass is 870 g/mol. The van der Waals surface area contributed by atoms with Crippen molar-refractivity contribution in [3.8, 4) is 50.2 Å². The van der Waals surface area contributed by atoms with E-state index in [9.17, 15) is 0 Å². The van der Waals surface area contributed by atoms with E-state index in [0.717, 1.165) is 28.3 Å². The Morgan fingerprint density at radius 1 is 0.313 bits per heavy atom. The number of hydrogen-bond donors (Lipinski definition) is 0. The molecule has 2 nitrogen and oxygen atoms in total. The van der Waals surface area contributed by atoms with Crippen molar-refractivity contribution in [2.45, 2.75) is 0 Å². The summed E-state index contributed by atoms with van der Waals surface area (Å²) in [5.41, 5.74) is 16.4. The zero-order valence-electron chi connectivity index (χ0n) is 36.6. The Kier molecular flexibility index (Phi) is 9.40. The minimum atomic E-state index is 1.08. The summed E-state index contributed by atoms with van der Waals surface area (Å²) in [6.45, 7) is 0. The average molecular weight is 871 g/mol. The first kappa shape index (κ1) is 38.9. The first-order valence-corrected chi connectivity index (χ1v) is 23.7. The molecule has 67 heavy (non-hydrogen) atoms. The van der Waals surface area contributed by atoms with E-state index >= 15 is 0 Å². The second kappa shape index (κ2) is 16.2. The quantitative estimate of drug-likeness (QED) is 0.148. The molecule has 0 N–H and O–H groups in total. The first-order valence-electron chi connectivity index (χ1n) is 22.9. The minimum Gasteiger partial charge on any atom is -0.310 e. The predicted molar refractivity (Wildman–Crippen MR) is 288 cm³/mol. The number of fused-ring (bicyclic) bond motifs is 8. The van der Waals surface area contributed by atoms with E-state index in [0.29, 0.717) is 0 Å². The number of hydrogen-bond acceptors (Lipinski definition) is 2. The van der Waals surface area contributed by atoms with Crippen molar-refractivity contribution in [3.05, 3.63) is 255 Å². The van der Waals surface area contributed by atoms with Gasteiger partial charge in [0.05, 0.1) is 11.0 Å². The van der Waals surface area contributed by atoms with Crippen LogP contribution in [0.2, 0.25) is 0 Å². The van der Waals surface area contributed by atoms with Crippen LogP contribution in [-0.2, 0) is 0 Å². The molecule has 3 heteroatoms. The van der Waals surface area contributed by atoms with Crippen LogP contribution in [0.4, 0.5) is 17.1 Å². The van der Waals surface area contributed by atoms with Crippen LogP contribution in [0.3, 0.4) is 0 Å². The standard InChI is InChI=1S/C64H42N2S/c1-4-15-44(16-5-1)53-40-37-52(42-59(53)45-17-6-2-7-18-45)65(51-35-29-47(30-36-51)54-24-14-26-62-63(54)58-23-12-13-25-61(58)67-62)50-33-27-43(28-34-50)48-32-38-56-57-39-31-46-19-10-11-22-55(46)64(57)66(60(56)41-48)49-20-8-3-9-21-49/h1-42H. The number of nitrogens with zero attached hydrogens (tertiary/aromatic N) is 2. The molecule has 0 aliphatic carbocycles. The van der Waals surface area contributed by atoms with E-state index in [1.165, 1.54) is 91.7 Å². The molecule has 2 aromatic heterocycles. The van der Waals surface area contributed by atoms with E-state index in [-0.39, 0.29) is 0 Å². The number of para-hydroxylation sites is 1. The predicted octanol–water partition coefficient (Wildman–Crippen LogP) is 18.4. The van der Waals surface area contributed by atoms with Crippen LogP contribution >= 0.6 is 11.3 Å². The van der Waals surface area contributed by atoms with Crippen molar-refractivity contribution >= 4 is 81.1 Å². The summed E-state index contributed by atoms with van der Waals surface area (Å²) in [6.07, 6.45) is 0. The lowest BCUT2D eigenvalue weighted by molar-refractivity contribution is 1.19. The molecule has 0 aliphatic rings. The van der Waals surface area contributed by atoms with Gasteiger partial charge in [-0.3, -0.25) is 0 Å². The molecule has 0 amide bonds. The van der Waals surface area contributed by atoms with Crippen LogP contribution in [-0.4, -0.2) is 4.57 Å². The third kappa shape index (κ3) is 6.71. The Labute approximate surface area is 393 Å². The molecular formula is C64H42N2S. The highest BCUT2D eigenvalue weighted by atomic mass is 32.1. The van der Waals surface area contributed by atoms with Gasteiger partial charge < -0.3 is 9.47 Å². The molecule has 314 valence electrons. The normalized spacial score (nSPS) is 11.6. The second-order valence-electron chi connectivity index (χ2n) is 17.3. The zero-order chi connectivity index (χ0) is 44.3. The van der Waals surface area contributed by atoms with E-state index in [1.54, 1.807) is 0 Å². The molecule has 11 aromatic carbocycles. The highest BCUT2D eigenvalue weighted by molar-refractivity contribution is 7.25. The minimum absolute atomic E-state index is 1.08. The largest absolute Gasteiger partial charge is 0.310 e. The highest BCUT2D eigenvalue weighted by Crippen LogP contribution is 2.45. The molecule has 0 radical (unpaired) electrons. The van der Waals surface area contributed by atoms with Crippen LogP contribution in [0.1, 0.15) is 0 Å². The smallest absolute Gasteiger partial charge is 0.0619 e. The third-order valence-corrected chi connectivity index (χ3v) is 14.5. The molecule has 13 rings (SSSR count). The number of rotatable bonds is 8. The van der Waals surface area contributed by atoms with Crippen molar-refractivity contribution in [2.75, 3.05) is 4.90 Å². The maximum Gasteiger partial charge on any atom is 0.0619 e. The summed E-state index contributed by atoms with van der Waals surface area (Å²) in [5, 5.41) is 7.63. The van der Waals surface area contributed by atoms with Gasteiger partial charge >= 0.3 is 0 Å². The van der Waals surface area contributed by atoms with Crippen molar-refractivity contribution in [3.63, 3.8) is 0 Å². The molecule has 0 unspecified atom stereocenters. The molecule has 0 aliphatic heterocycles. The molecule has 0 atom stereocenters. The van der Waals surface area contributed by atoms with E-state index in [2.05, 4.69) is 264 Å². The maximum atomic E-state index is 2.45. The fourth-order valence-corrected chi connectivity index (χ4v) is 11.4. The summed E-state index contributed by atoms with van der Waals surface area (Å²) < 4.78 is 5.07. The zero-order valence-corrected chi connectivity index (χ0v) is 37.4. The van der Waals surface area contributed by atoms with Gasteiger partial charge in [-0.05, 0) is 117 Å². The van der Waals surface area contributed by atoms with Gasteiger partial charge in [0.25, 0.3) is 0 Å². The van der Waals surface area contributed by atoms with Crippen LogP contribution < -0.4 is 4.90 Å². The topological polar surface area (TPSA) is 8.17 Å². The van der Waals surface area contributed by atoms with Crippen molar-refractivity contribution < 1.29 is 0 Å². The number of aromatic nitrogens is 1. The Hall–Kier alpha value is -8.50. The summed E-state index contributed by atoms with van der Waals surface area (Å²) in [6, 6.07) is 93.1. The van der Waals surface area contributed by atoms with Crippen LogP contribution in [0.5, 0.6) is 0 Å². The third-order valence-electron chi connectivity index (χ3n) is 13.4. The van der Waals surface area contributed by atoms with Crippen molar-refractivity contribution in [1.29, 1.82) is 0 Å². The van der Waals surface area contributed by atoms with E-state index < -0.39 is 0 Å². The van der Waals surface area contributed by atoms with Gasteiger partial charge in [-0.25, -0.2) is 0 Å². The van der Waals surface area contributed by atoms with Gasteiger partial charge in [-0.15, -0.1) is 11.3 Å². The van der Waals surface area contributed by atoms with E-state index in [4.69, 9.17) is 0 Å². The number of anilines is 3.